The third kappa shape index (κ3) is 3.10. The van der Waals surface area contributed by atoms with Crippen LogP contribution < -0.4 is 5.32 Å². The number of rotatable bonds is 5. The van der Waals surface area contributed by atoms with Crippen molar-refractivity contribution in [1.29, 1.82) is 0 Å². The van der Waals surface area contributed by atoms with E-state index in [1.807, 2.05) is 36.4 Å². The number of nitrogens with zero attached hydrogens (tertiary/aromatic N) is 2. The molecule has 0 aliphatic heterocycles. The van der Waals surface area contributed by atoms with E-state index in [1.54, 1.807) is 12.4 Å². The van der Waals surface area contributed by atoms with Crippen molar-refractivity contribution < 1.29 is 0 Å². The molecular weight excluding hydrogens is 316 g/mol. The van der Waals surface area contributed by atoms with Crippen molar-refractivity contribution in [1.82, 2.24) is 15.2 Å². The molecule has 0 saturated carbocycles. The molecule has 0 radical (unpaired) electrons. The first-order valence-corrected chi connectivity index (χ1v) is 7.90. The van der Waals surface area contributed by atoms with Crippen molar-refractivity contribution in [2.45, 2.75) is 0 Å². The van der Waals surface area contributed by atoms with Crippen LogP contribution in [0.3, 0.4) is 0 Å². The van der Waals surface area contributed by atoms with Crippen LogP contribution in [0.5, 0.6) is 0 Å². The zero-order valence-corrected chi connectivity index (χ0v) is 13.4. The van der Waals surface area contributed by atoms with Gasteiger partial charge in [-0.25, -0.2) is 0 Å². The van der Waals surface area contributed by atoms with Crippen molar-refractivity contribution in [2.24, 2.45) is 0 Å². The second-order valence-corrected chi connectivity index (χ2v) is 5.60. The number of hydrogen-bond donors (Lipinski definition) is 3. The molecule has 6 heteroatoms. The van der Waals surface area contributed by atoms with Crippen LogP contribution in [-0.2, 0) is 0 Å². The van der Waals surface area contributed by atoms with Crippen molar-refractivity contribution in [3.05, 3.63) is 53.8 Å². The first-order valence-electron chi connectivity index (χ1n) is 6.89. The minimum Gasteiger partial charge on any atom is -0.367 e. The van der Waals surface area contributed by atoms with Crippen molar-refractivity contribution in [2.75, 3.05) is 17.6 Å². The lowest BCUT2D eigenvalue weighted by molar-refractivity contribution is 1.07. The van der Waals surface area contributed by atoms with Crippen LogP contribution in [0.15, 0.2) is 48.8 Å². The van der Waals surface area contributed by atoms with Gasteiger partial charge < -0.3 is 5.32 Å². The number of aromatic amines is 1. The van der Waals surface area contributed by atoms with Gasteiger partial charge in [0.05, 0.1) is 11.3 Å². The SMILES string of the molecule is SCCNc1n[nH]c(-c2ccc(Cl)cc2)c1-c1ccncc1. The molecule has 1 aromatic carbocycles. The minimum atomic E-state index is 0.710. The van der Waals surface area contributed by atoms with E-state index in [1.165, 1.54) is 0 Å². The number of halogens is 1. The summed E-state index contributed by atoms with van der Waals surface area (Å²) in [7, 11) is 0. The van der Waals surface area contributed by atoms with Gasteiger partial charge in [0.15, 0.2) is 5.82 Å². The van der Waals surface area contributed by atoms with E-state index in [4.69, 9.17) is 11.6 Å². The monoisotopic (exact) mass is 330 g/mol. The Bertz CT molecular complexity index is 741. The molecule has 3 rings (SSSR count). The fourth-order valence-corrected chi connectivity index (χ4v) is 2.51. The molecule has 22 heavy (non-hydrogen) atoms. The third-order valence-corrected chi connectivity index (χ3v) is 3.75. The minimum absolute atomic E-state index is 0.710. The molecule has 0 fully saturated rings. The van der Waals surface area contributed by atoms with Crippen LogP contribution in [0.4, 0.5) is 5.82 Å². The average molecular weight is 331 g/mol. The molecule has 0 amide bonds. The van der Waals surface area contributed by atoms with Gasteiger partial charge in [0.2, 0.25) is 0 Å². The van der Waals surface area contributed by atoms with Crippen LogP contribution in [0, 0.1) is 0 Å². The number of hydrogen-bond acceptors (Lipinski definition) is 4. The van der Waals surface area contributed by atoms with E-state index in [0.717, 1.165) is 40.5 Å². The van der Waals surface area contributed by atoms with Crippen LogP contribution in [0.2, 0.25) is 5.02 Å². The zero-order chi connectivity index (χ0) is 15.4. The number of thiol groups is 1. The Morgan fingerprint density at radius 3 is 2.45 bits per heavy atom. The Morgan fingerprint density at radius 1 is 1.05 bits per heavy atom. The van der Waals surface area contributed by atoms with Crippen LogP contribution >= 0.6 is 24.2 Å². The molecule has 2 aromatic heterocycles. The molecule has 0 aliphatic carbocycles. The predicted octanol–water partition coefficient (Wildman–Crippen LogP) is 4.13. The summed E-state index contributed by atoms with van der Waals surface area (Å²) in [5.74, 6) is 1.55. The van der Waals surface area contributed by atoms with E-state index < -0.39 is 0 Å². The topological polar surface area (TPSA) is 53.6 Å². The Morgan fingerprint density at radius 2 is 1.77 bits per heavy atom. The van der Waals surface area contributed by atoms with Crippen molar-refractivity contribution in [3.8, 4) is 22.4 Å². The number of pyridine rings is 1. The standard InChI is InChI=1S/C16H15ClN4S/c17-13-3-1-12(2-4-13)15-14(11-5-7-18-8-6-11)16(21-20-15)19-9-10-22/h1-8,22H,9-10H2,(H2,19,20,21). The lowest BCUT2D eigenvalue weighted by Gasteiger charge is -2.07. The smallest absolute Gasteiger partial charge is 0.156 e. The van der Waals surface area contributed by atoms with Gasteiger partial charge in [0, 0.05) is 35.3 Å². The molecule has 4 nitrogen and oxygen atoms in total. The lowest BCUT2D eigenvalue weighted by Crippen LogP contribution is -2.03. The van der Waals surface area contributed by atoms with E-state index in [0.29, 0.717) is 5.02 Å². The van der Waals surface area contributed by atoms with Gasteiger partial charge in [0.25, 0.3) is 0 Å². The van der Waals surface area contributed by atoms with Crippen LogP contribution in [0.25, 0.3) is 22.4 Å². The van der Waals surface area contributed by atoms with Gasteiger partial charge in [-0.2, -0.15) is 17.7 Å². The maximum atomic E-state index is 5.97. The highest BCUT2D eigenvalue weighted by molar-refractivity contribution is 7.80. The molecule has 112 valence electrons. The number of nitrogens with one attached hydrogen (secondary N) is 2. The fourth-order valence-electron chi connectivity index (χ4n) is 2.27. The van der Waals surface area contributed by atoms with E-state index in [2.05, 4.69) is 33.1 Å². The largest absolute Gasteiger partial charge is 0.367 e. The molecule has 0 aliphatic rings. The summed E-state index contributed by atoms with van der Waals surface area (Å²) in [5, 5.41) is 11.5. The summed E-state index contributed by atoms with van der Waals surface area (Å²) in [5.41, 5.74) is 4.05. The molecule has 3 aromatic rings. The summed E-state index contributed by atoms with van der Waals surface area (Å²) in [4.78, 5) is 4.08. The quantitative estimate of drug-likeness (QED) is 0.616. The van der Waals surface area contributed by atoms with Gasteiger partial charge in [-0.3, -0.25) is 10.1 Å². The summed E-state index contributed by atoms with van der Waals surface area (Å²) >= 11 is 10.2. The highest BCUT2D eigenvalue weighted by Gasteiger charge is 2.16. The summed E-state index contributed by atoms with van der Waals surface area (Å²) < 4.78 is 0. The summed E-state index contributed by atoms with van der Waals surface area (Å²) in [6.45, 7) is 0.742. The molecule has 0 atom stereocenters. The highest BCUT2D eigenvalue weighted by atomic mass is 35.5. The maximum absolute atomic E-state index is 5.97. The third-order valence-electron chi connectivity index (χ3n) is 3.27. The molecular formula is C16H15ClN4S. The van der Waals surface area contributed by atoms with Crippen molar-refractivity contribution >= 4 is 30.0 Å². The normalized spacial score (nSPS) is 10.6. The Balaban J connectivity index is 2.10. The van der Waals surface area contributed by atoms with Gasteiger partial charge in [0.1, 0.15) is 0 Å². The molecule has 2 N–H and O–H groups in total. The van der Waals surface area contributed by atoms with Gasteiger partial charge in [-0.1, -0.05) is 23.7 Å². The fraction of sp³-hybridized carbons (Fsp3) is 0.125. The molecule has 0 unspecified atom stereocenters. The highest BCUT2D eigenvalue weighted by Crippen LogP contribution is 2.36. The Hall–Kier alpha value is -1.98. The first-order chi connectivity index (χ1) is 10.8. The second-order valence-electron chi connectivity index (χ2n) is 4.72. The van der Waals surface area contributed by atoms with Crippen LogP contribution in [0.1, 0.15) is 0 Å². The zero-order valence-electron chi connectivity index (χ0n) is 11.8. The molecule has 0 bridgehead atoms. The predicted molar refractivity (Wildman–Crippen MR) is 94.6 cm³/mol. The number of H-pyrrole nitrogens is 1. The summed E-state index contributed by atoms with van der Waals surface area (Å²) in [6.07, 6.45) is 3.55. The number of benzene rings is 1. The average Bonchev–Trinajstić information content (AvgIpc) is 2.98. The second kappa shape index (κ2) is 6.85. The van der Waals surface area contributed by atoms with Crippen LogP contribution in [-0.4, -0.2) is 27.5 Å². The maximum Gasteiger partial charge on any atom is 0.156 e. The van der Waals surface area contributed by atoms with Gasteiger partial charge in [-0.05, 0) is 29.8 Å². The van der Waals surface area contributed by atoms with E-state index in [-0.39, 0.29) is 0 Å². The van der Waals surface area contributed by atoms with Gasteiger partial charge >= 0.3 is 0 Å². The molecule has 0 spiro atoms. The Kier molecular flexibility index (Phi) is 4.65. The van der Waals surface area contributed by atoms with E-state index >= 15 is 0 Å². The molecule has 0 saturated heterocycles. The summed E-state index contributed by atoms with van der Waals surface area (Å²) in [6, 6.07) is 11.6. The van der Waals surface area contributed by atoms with E-state index in [9.17, 15) is 0 Å². The Labute approximate surface area is 139 Å². The number of anilines is 1. The number of aromatic nitrogens is 3. The molecule has 2 heterocycles. The van der Waals surface area contributed by atoms with Crippen molar-refractivity contribution in [3.63, 3.8) is 0 Å². The first kappa shape index (κ1) is 14.9. The lowest BCUT2D eigenvalue weighted by atomic mass is 10.0. The van der Waals surface area contributed by atoms with Gasteiger partial charge in [-0.15, -0.1) is 0 Å².